The van der Waals surface area contributed by atoms with E-state index in [9.17, 15) is 14.4 Å². The summed E-state index contributed by atoms with van der Waals surface area (Å²) in [6.45, 7) is 7.90. The highest BCUT2D eigenvalue weighted by Gasteiger charge is 2.43. The number of fused-ring (bicyclic) bond motifs is 3. The Morgan fingerprint density at radius 2 is 1.75 bits per heavy atom. The SMILES string of the molecule is CCn1c(C(=O)N(C2CC2)C2CC2)cc2c3c(ncn3C)c(N/C(=C/C(=O)C(OC)OC)NN(C)C(=O)OC(C)(C)C)cc21. The third-order valence-electron chi connectivity index (χ3n) is 7.69. The van der Waals surface area contributed by atoms with Crippen molar-refractivity contribution in [2.24, 2.45) is 7.05 Å². The second-order valence-corrected chi connectivity index (χ2v) is 12.4. The summed E-state index contributed by atoms with van der Waals surface area (Å²) in [6.07, 6.45) is 5.39. The highest BCUT2D eigenvalue weighted by molar-refractivity contribution is 6.12. The molecule has 2 aliphatic carbocycles. The van der Waals surface area contributed by atoms with Crippen LogP contribution < -0.4 is 10.7 Å². The minimum Gasteiger partial charge on any atom is -0.442 e. The van der Waals surface area contributed by atoms with Crippen LogP contribution in [0.3, 0.4) is 0 Å². The van der Waals surface area contributed by atoms with Crippen molar-refractivity contribution in [1.29, 1.82) is 0 Å². The van der Waals surface area contributed by atoms with Gasteiger partial charge in [-0.25, -0.2) is 14.8 Å². The fourth-order valence-corrected chi connectivity index (χ4v) is 5.48. The highest BCUT2D eigenvalue weighted by atomic mass is 16.7. The lowest BCUT2D eigenvalue weighted by Crippen LogP contribution is -2.44. The molecule has 2 saturated carbocycles. The van der Waals surface area contributed by atoms with Gasteiger partial charge in [-0.05, 0) is 65.5 Å². The Balaban J connectivity index is 1.57. The molecule has 0 saturated heterocycles. The van der Waals surface area contributed by atoms with Crippen LogP contribution in [0.1, 0.15) is 63.9 Å². The van der Waals surface area contributed by atoms with Gasteiger partial charge >= 0.3 is 6.09 Å². The average Bonchev–Trinajstić information content (AvgIpc) is 3.89. The van der Waals surface area contributed by atoms with Gasteiger partial charge in [0.25, 0.3) is 5.91 Å². The maximum Gasteiger partial charge on any atom is 0.428 e. The van der Waals surface area contributed by atoms with Crippen LogP contribution in [0.4, 0.5) is 10.5 Å². The summed E-state index contributed by atoms with van der Waals surface area (Å²) < 4.78 is 19.7. The fraction of sp³-hybridized carbons (Fsp3) is 0.548. The van der Waals surface area contributed by atoms with Crippen molar-refractivity contribution in [3.63, 3.8) is 0 Å². The third-order valence-corrected chi connectivity index (χ3v) is 7.69. The summed E-state index contributed by atoms with van der Waals surface area (Å²) in [5, 5.41) is 5.30. The van der Waals surface area contributed by atoms with Crippen molar-refractivity contribution in [2.45, 2.75) is 83.9 Å². The minimum absolute atomic E-state index is 0.0647. The van der Waals surface area contributed by atoms with Gasteiger partial charge in [-0.2, -0.15) is 0 Å². The Morgan fingerprint density at radius 3 is 2.30 bits per heavy atom. The standard InChI is InChI=1S/C31H43N7O6/c1-9-37-22-15-21(33-25(16-24(39)29(42-7)43-8)34-36(6)30(41)44-31(2,3)4)26-27(35(5)17-32-26)20(22)14-23(37)28(40)38(18-10-11-18)19-12-13-19/h14-19,29,33-34H,9-13H2,1-8H3/b25-16-. The number of carbonyl (C=O) groups excluding carboxylic acids is 3. The zero-order chi connectivity index (χ0) is 31.9. The van der Waals surface area contributed by atoms with E-state index >= 15 is 0 Å². The first-order valence-electron chi connectivity index (χ1n) is 15.0. The van der Waals surface area contributed by atoms with Gasteiger partial charge in [-0.15, -0.1) is 0 Å². The average molecular weight is 610 g/mol. The van der Waals surface area contributed by atoms with E-state index in [-0.39, 0.29) is 11.7 Å². The predicted molar refractivity (Wildman–Crippen MR) is 166 cm³/mol. The Morgan fingerprint density at radius 1 is 1.11 bits per heavy atom. The molecule has 44 heavy (non-hydrogen) atoms. The number of methoxy groups -OCH3 is 2. The van der Waals surface area contributed by atoms with E-state index in [0.29, 0.717) is 35.5 Å². The van der Waals surface area contributed by atoms with Crippen molar-refractivity contribution in [2.75, 3.05) is 26.6 Å². The van der Waals surface area contributed by atoms with E-state index in [1.54, 1.807) is 27.1 Å². The van der Waals surface area contributed by atoms with E-state index in [1.807, 2.05) is 35.2 Å². The van der Waals surface area contributed by atoms with Crippen LogP contribution in [-0.2, 0) is 32.6 Å². The number of nitrogens with zero attached hydrogens (tertiary/aromatic N) is 5. The number of amides is 2. The molecule has 1 aromatic carbocycles. The van der Waals surface area contributed by atoms with E-state index in [2.05, 4.69) is 20.6 Å². The molecule has 0 atom stereocenters. The summed E-state index contributed by atoms with van der Waals surface area (Å²) in [6, 6.07) is 4.55. The van der Waals surface area contributed by atoms with Crippen LogP contribution in [0.15, 0.2) is 30.4 Å². The molecule has 13 heteroatoms. The number of nitrogens with one attached hydrogen (secondary N) is 2. The van der Waals surface area contributed by atoms with Gasteiger partial charge in [0, 0.05) is 58.4 Å². The molecular formula is C31H43N7O6. The first kappa shape index (κ1) is 31.3. The maximum absolute atomic E-state index is 13.9. The summed E-state index contributed by atoms with van der Waals surface area (Å²) in [5.74, 6) is -0.269. The zero-order valence-electron chi connectivity index (χ0n) is 26.8. The number of hydrogen-bond acceptors (Lipinski definition) is 9. The summed E-state index contributed by atoms with van der Waals surface area (Å²) in [5.41, 5.74) is 5.72. The summed E-state index contributed by atoms with van der Waals surface area (Å²) in [7, 11) is 6.12. The van der Waals surface area contributed by atoms with Crippen LogP contribution in [0, 0.1) is 0 Å². The second kappa shape index (κ2) is 12.1. The lowest BCUT2D eigenvalue weighted by atomic mass is 10.1. The van der Waals surface area contributed by atoms with Crippen molar-refractivity contribution in [3.05, 3.63) is 36.1 Å². The lowest BCUT2D eigenvalue weighted by Gasteiger charge is -2.27. The zero-order valence-corrected chi connectivity index (χ0v) is 26.8. The Hall–Kier alpha value is -4.10. The van der Waals surface area contributed by atoms with Crippen LogP contribution in [0.25, 0.3) is 21.9 Å². The third kappa shape index (κ3) is 6.39. The van der Waals surface area contributed by atoms with E-state index < -0.39 is 23.8 Å². The van der Waals surface area contributed by atoms with Crippen LogP contribution in [-0.4, -0.2) is 87.1 Å². The number of aromatic nitrogens is 3. The van der Waals surface area contributed by atoms with Crippen molar-refractivity contribution in [1.82, 2.24) is 29.5 Å². The molecule has 2 N–H and O–H groups in total. The van der Waals surface area contributed by atoms with Crippen molar-refractivity contribution >= 4 is 45.4 Å². The van der Waals surface area contributed by atoms with Crippen LogP contribution in [0.5, 0.6) is 0 Å². The van der Waals surface area contributed by atoms with Gasteiger partial charge < -0.3 is 33.6 Å². The highest BCUT2D eigenvalue weighted by Crippen LogP contribution is 2.40. The molecule has 5 rings (SSSR count). The number of aryl methyl sites for hydroxylation is 2. The predicted octanol–water partition coefficient (Wildman–Crippen LogP) is 4.13. The molecule has 238 valence electrons. The van der Waals surface area contributed by atoms with E-state index in [0.717, 1.165) is 47.1 Å². The van der Waals surface area contributed by atoms with E-state index in [4.69, 9.17) is 14.2 Å². The molecule has 0 spiro atoms. The molecule has 0 radical (unpaired) electrons. The molecular weight excluding hydrogens is 566 g/mol. The fourth-order valence-electron chi connectivity index (χ4n) is 5.48. The molecule has 0 bridgehead atoms. The molecule has 2 aromatic heterocycles. The number of hydrogen-bond donors (Lipinski definition) is 2. The molecule has 0 aliphatic heterocycles. The number of benzene rings is 1. The van der Waals surface area contributed by atoms with Gasteiger partial charge in [-0.1, -0.05) is 0 Å². The lowest BCUT2D eigenvalue weighted by molar-refractivity contribution is -0.151. The van der Waals surface area contributed by atoms with Gasteiger partial charge in [-0.3, -0.25) is 15.0 Å². The Labute approximate surface area is 257 Å². The van der Waals surface area contributed by atoms with Gasteiger partial charge in [0.2, 0.25) is 12.1 Å². The number of anilines is 1. The first-order valence-corrected chi connectivity index (χ1v) is 15.0. The van der Waals surface area contributed by atoms with Crippen molar-refractivity contribution < 1.29 is 28.6 Å². The quantitative estimate of drug-likeness (QED) is 0.177. The first-order chi connectivity index (χ1) is 20.9. The monoisotopic (exact) mass is 609 g/mol. The summed E-state index contributed by atoms with van der Waals surface area (Å²) >= 11 is 0. The van der Waals surface area contributed by atoms with Crippen LogP contribution in [0.2, 0.25) is 0 Å². The topological polar surface area (TPSA) is 132 Å². The molecule has 2 heterocycles. The Kier molecular flexibility index (Phi) is 8.63. The molecule has 2 amide bonds. The molecule has 2 aliphatic rings. The van der Waals surface area contributed by atoms with Gasteiger partial charge in [0.1, 0.15) is 22.6 Å². The molecule has 2 fully saturated rings. The Bertz CT molecular complexity index is 1590. The summed E-state index contributed by atoms with van der Waals surface area (Å²) in [4.78, 5) is 46.5. The van der Waals surface area contributed by atoms with Gasteiger partial charge in [0.05, 0.1) is 23.0 Å². The number of rotatable bonds is 12. The normalized spacial score (nSPS) is 15.6. The van der Waals surface area contributed by atoms with Crippen LogP contribution >= 0.6 is 0 Å². The van der Waals surface area contributed by atoms with E-state index in [1.165, 1.54) is 27.3 Å². The van der Waals surface area contributed by atoms with Gasteiger partial charge in [0.15, 0.2) is 0 Å². The number of hydrazine groups is 1. The maximum atomic E-state index is 13.9. The molecule has 3 aromatic rings. The number of ketones is 1. The van der Waals surface area contributed by atoms with Crippen molar-refractivity contribution in [3.8, 4) is 0 Å². The smallest absolute Gasteiger partial charge is 0.428 e. The second-order valence-electron chi connectivity index (χ2n) is 12.4. The number of ether oxygens (including phenoxy) is 3. The number of carbonyl (C=O) groups is 3. The molecule has 13 nitrogen and oxygen atoms in total. The number of imidazole rings is 1. The minimum atomic E-state index is -1.15. The molecule has 0 unspecified atom stereocenters. The largest absolute Gasteiger partial charge is 0.442 e.